The average Bonchev–Trinajstić information content (AvgIpc) is 2.90. The van der Waals surface area contributed by atoms with Crippen LogP contribution in [0.25, 0.3) is 0 Å². The number of anilines is 1. The van der Waals surface area contributed by atoms with Gasteiger partial charge in [-0.15, -0.1) is 11.3 Å². The number of thiazole rings is 1. The maximum atomic E-state index is 11.7. The van der Waals surface area contributed by atoms with Crippen molar-refractivity contribution < 1.29 is 14.7 Å². The van der Waals surface area contributed by atoms with Crippen molar-refractivity contribution in [2.24, 2.45) is 0 Å². The standard InChI is InChI=1S/C13H12BrN3O3S/c14-8-1-3-9(4-2-8)16-13(20)15-6-5-11-17-10(7-21-11)12(18)19/h1-4,7H,5-6H2,(H,18,19)(H2,15,16,20). The van der Waals surface area contributed by atoms with Crippen molar-refractivity contribution >= 4 is 45.0 Å². The molecule has 8 heteroatoms. The van der Waals surface area contributed by atoms with Crippen LogP contribution in [-0.4, -0.2) is 28.6 Å². The number of hydrogen-bond donors (Lipinski definition) is 3. The first-order valence-corrected chi connectivity index (χ1v) is 7.70. The first kappa shape index (κ1) is 15.5. The number of carbonyl (C=O) groups is 2. The first-order valence-electron chi connectivity index (χ1n) is 6.03. The Balaban J connectivity index is 1.76. The Morgan fingerprint density at radius 3 is 2.62 bits per heavy atom. The number of benzene rings is 1. The summed E-state index contributed by atoms with van der Waals surface area (Å²) in [6.07, 6.45) is 0.492. The highest BCUT2D eigenvalue weighted by Crippen LogP contribution is 2.14. The van der Waals surface area contributed by atoms with Crippen molar-refractivity contribution in [1.29, 1.82) is 0 Å². The minimum absolute atomic E-state index is 0.0364. The lowest BCUT2D eigenvalue weighted by molar-refractivity contribution is 0.0691. The van der Waals surface area contributed by atoms with E-state index in [0.717, 1.165) is 4.47 Å². The molecule has 0 radical (unpaired) electrons. The largest absolute Gasteiger partial charge is 0.476 e. The molecule has 2 rings (SSSR count). The third-order valence-corrected chi connectivity index (χ3v) is 3.93. The maximum Gasteiger partial charge on any atom is 0.355 e. The number of carbonyl (C=O) groups excluding carboxylic acids is 1. The molecule has 1 aromatic carbocycles. The van der Waals surface area contributed by atoms with Crippen molar-refractivity contribution in [1.82, 2.24) is 10.3 Å². The van der Waals surface area contributed by atoms with Crippen molar-refractivity contribution in [2.45, 2.75) is 6.42 Å². The lowest BCUT2D eigenvalue weighted by atomic mass is 10.3. The Hall–Kier alpha value is -1.93. The van der Waals surface area contributed by atoms with E-state index >= 15 is 0 Å². The number of halogens is 1. The molecule has 0 saturated heterocycles. The van der Waals surface area contributed by atoms with Gasteiger partial charge in [0.25, 0.3) is 0 Å². The fourth-order valence-electron chi connectivity index (χ4n) is 1.52. The molecule has 0 spiro atoms. The molecule has 110 valence electrons. The summed E-state index contributed by atoms with van der Waals surface area (Å²) < 4.78 is 0.937. The van der Waals surface area contributed by atoms with E-state index in [1.54, 1.807) is 12.1 Å². The SMILES string of the molecule is O=C(NCCc1nc(C(=O)O)cs1)Nc1ccc(Br)cc1. The van der Waals surface area contributed by atoms with E-state index in [1.807, 2.05) is 12.1 Å². The third-order valence-electron chi connectivity index (χ3n) is 2.50. The number of aromatic nitrogens is 1. The highest BCUT2D eigenvalue weighted by atomic mass is 79.9. The summed E-state index contributed by atoms with van der Waals surface area (Å²) in [5, 5.41) is 16.3. The topological polar surface area (TPSA) is 91.3 Å². The summed E-state index contributed by atoms with van der Waals surface area (Å²) in [6.45, 7) is 0.384. The monoisotopic (exact) mass is 369 g/mol. The second-order valence-electron chi connectivity index (χ2n) is 4.07. The molecule has 0 aliphatic rings. The lowest BCUT2D eigenvalue weighted by Gasteiger charge is -2.06. The van der Waals surface area contributed by atoms with Gasteiger partial charge in [-0.05, 0) is 24.3 Å². The molecular formula is C13H12BrN3O3S. The molecule has 0 bridgehead atoms. The van der Waals surface area contributed by atoms with Crippen LogP contribution in [0.5, 0.6) is 0 Å². The number of aromatic carboxylic acids is 1. The van der Waals surface area contributed by atoms with Crippen LogP contribution in [0.3, 0.4) is 0 Å². The Labute approximate surface area is 133 Å². The van der Waals surface area contributed by atoms with E-state index in [1.165, 1.54) is 16.7 Å². The minimum atomic E-state index is -1.04. The molecule has 6 nitrogen and oxygen atoms in total. The number of carboxylic acid groups (broad SMARTS) is 1. The summed E-state index contributed by atoms with van der Waals surface area (Å²) in [7, 11) is 0. The molecule has 1 heterocycles. The smallest absolute Gasteiger partial charge is 0.355 e. The molecule has 2 amide bonds. The van der Waals surface area contributed by atoms with E-state index in [9.17, 15) is 9.59 Å². The molecule has 21 heavy (non-hydrogen) atoms. The van der Waals surface area contributed by atoms with Gasteiger partial charge in [0.05, 0.1) is 5.01 Å². The Morgan fingerprint density at radius 2 is 2.00 bits per heavy atom. The van der Waals surface area contributed by atoms with E-state index in [0.29, 0.717) is 23.7 Å². The number of carboxylic acids is 1. The Morgan fingerprint density at radius 1 is 1.29 bits per heavy atom. The van der Waals surface area contributed by atoms with E-state index in [4.69, 9.17) is 5.11 Å². The maximum absolute atomic E-state index is 11.7. The van der Waals surface area contributed by atoms with Gasteiger partial charge in [0.2, 0.25) is 0 Å². The summed E-state index contributed by atoms with van der Waals surface area (Å²) in [5.41, 5.74) is 0.729. The van der Waals surface area contributed by atoms with Crippen LogP contribution in [0.1, 0.15) is 15.5 Å². The van der Waals surface area contributed by atoms with Gasteiger partial charge >= 0.3 is 12.0 Å². The van der Waals surface area contributed by atoms with Crippen molar-refractivity contribution in [2.75, 3.05) is 11.9 Å². The second kappa shape index (κ2) is 7.19. The van der Waals surface area contributed by atoms with Gasteiger partial charge in [0, 0.05) is 28.5 Å². The number of hydrogen-bond acceptors (Lipinski definition) is 4. The molecule has 3 N–H and O–H groups in total. The molecule has 2 aromatic rings. The summed E-state index contributed by atoms with van der Waals surface area (Å²) in [6, 6.07) is 6.91. The summed E-state index contributed by atoms with van der Waals surface area (Å²) in [5.74, 6) is -1.04. The average molecular weight is 370 g/mol. The van der Waals surface area contributed by atoms with Gasteiger partial charge < -0.3 is 15.7 Å². The van der Waals surface area contributed by atoms with Crippen LogP contribution in [0.4, 0.5) is 10.5 Å². The molecule has 0 aliphatic heterocycles. The van der Waals surface area contributed by atoms with Crippen LogP contribution in [0, 0.1) is 0 Å². The second-order valence-corrected chi connectivity index (χ2v) is 5.93. The van der Waals surface area contributed by atoms with E-state index < -0.39 is 5.97 Å². The van der Waals surface area contributed by atoms with Gasteiger partial charge in [-0.25, -0.2) is 14.6 Å². The molecule has 1 aromatic heterocycles. The Kier molecular flexibility index (Phi) is 5.29. The normalized spacial score (nSPS) is 10.1. The highest BCUT2D eigenvalue weighted by molar-refractivity contribution is 9.10. The predicted octanol–water partition coefficient (Wildman–Crippen LogP) is 2.97. The number of urea groups is 1. The van der Waals surface area contributed by atoms with Crippen LogP contribution < -0.4 is 10.6 Å². The van der Waals surface area contributed by atoms with Gasteiger partial charge in [0.1, 0.15) is 0 Å². The van der Waals surface area contributed by atoms with Crippen LogP contribution in [0.15, 0.2) is 34.1 Å². The minimum Gasteiger partial charge on any atom is -0.476 e. The van der Waals surface area contributed by atoms with Crippen LogP contribution >= 0.6 is 27.3 Å². The molecular weight excluding hydrogens is 358 g/mol. The van der Waals surface area contributed by atoms with Crippen molar-refractivity contribution in [3.8, 4) is 0 Å². The van der Waals surface area contributed by atoms with E-state index in [2.05, 4.69) is 31.5 Å². The molecule has 0 unspecified atom stereocenters. The van der Waals surface area contributed by atoms with Crippen LogP contribution in [-0.2, 0) is 6.42 Å². The fourth-order valence-corrected chi connectivity index (χ4v) is 2.55. The van der Waals surface area contributed by atoms with E-state index in [-0.39, 0.29) is 11.7 Å². The third kappa shape index (κ3) is 4.83. The predicted molar refractivity (Wildman–Crippen MR) is 83.9 cm³/mol. The number of nitrogens with zero attached hydrogens (tertiary/aromatic N) is 1. The zero-order chi connectivity index (χ0) is 15.2. The van der Waals surface area contributed by atoms with Crippen LogP contribution in [0.2, 0.25) is 0 Å². The number of amides is 2. The molecule has 0 atom stereocenters. The van der Waals surface area contributed by atoms with Crippen molar-refractivity contribution in [3.63, 3.8) is 0 Å². The molecule has 0 fully saturated rings. The quantitative estimate of drug-likeness (QED) is 0.755. The van der Waals surface area contributed by atoms with Gasteiger partial charge in [-0.1, -0.05) is 15.9 Å². The zero-order valence-electron chi connectivity index (χ0n) is 10.8. The zero-order valence-corrected chi connectivity index (χ0v) is 13.2. The fraction of sp³-hybridized carbons (Fsp3) is 0.154. The lowest BCUT2D eigenvalue weighted by Crippen LogP contribution is -2.30. The summed E-state index contributed by atoms with van der Waals surface area (Å²) in [4.78, 5) is 26.3. The Bertz CT molecular complexity index is 642. The van der Waals surface area contributed by atoms with Gasteiger partial charge in [-0.2, -0.15) is 0 Å². The molecule has 0 aliphatic carbocycles. The number of nitrogens with one attached hydrogen (secondary N) is 2. The highest BCUT2D eigenvalue weighted by Gasteiger charge is 2.08. The van der Waals surface area contributed by atoms with Gasteiger partial charge in [-0.3, -0.25) is 0 Å². The first-order chi connectivity index (χ1) is 10.0. The number of rotatable bonds is 5. The van der Waals surface area contributed by atoms with Gasteiger partial charge in [0.15, 0.2) is 5.69 Å². The molecule has 0 saturated carbocycles. The summed E-state index contributed by atoms with van der Waals surface area (Å²) >= 11 is 4.58. The van der Waals surface area contributed by atoms with Crippen molar-refractivity contribution in [3.05, 3.63) is 44.8 Å².